The van der Waals surface area contributed by atoms with Gasteiger partial charge in [0.05, 0.1) is 18.5 Å². The molecule has 0 aliphatic carbocycles. The first-order valence-electron chi connectivity index (χ1n) is 8.17. The summed E-state index contributed by atoms with van der Waals surface area (Å²) >= 11 is 0. The Kier molecular flexibility index (Phi) is 3.93. The number of anilines is 2. The van der Waals surface area contributed by atoms with E-state index in [9.17, 15) is 5.11 Å². The molecule has 0 aliphatic rings. The monoisotopic (exact) mass is 346 g/mol. The van der Waals surface area contributed by atoms with Gasteiger partial charge >= 0.3 is 0 Å². The smallest absolute Gasteiger partial charge is 0.227 e. The number of phenolic OH excluding ortho intramolecular Hbond substituents is 1. The van der Waals surface area contributed by atoms with E-state index in [-0.39, 0.29) is 5.75 Å². The van der Waals surface area contributed by atoms with Crippen LogP contribution in [0, 0.1) is 0 Å². The summed E-state index contributed by atoms with van der Waals surface area (Å²) in [7, 11) is 3.59. The number of phenols is 1. The summed E-state index contributed by atoms with van der Waals surface area (Å²) in [6.45, 7) is 0. The van der Waals surface area contributed by atoms with Crippen molar-refractivity contribution in [1.82, 2.24) is 14.5 Å². The van der Waals surface area contributed by atoms with Gasteiger partial charge in [0.2, 0.25) is 5.95 Å². The summed E-state index contributed by atoms with van der Waals surface area (Å²) in [6.07, 6.45) is 3.77. The van der Waals surface area contributed by atoms with Gasteiger partial charge in [-0.2, -0.15) is 0 Å². The summed E-state index contributed by atoms with van der Waals surface area (Å²) in [4.78, 5) is 8.92. The van der Waals surface area contributed by atoms with Crippen LogP contribution in [0.5, 0.6) is 11.5 Å². The third-order valence-electron chi connectivity index (χ3n) is 4.26. The van der Waals surface area contributed by atoms with E-state index < -0.39 is 0 Å². The van der Waals surface area contributed by atoms with Crippen LogP contribution in [-0.4, -0.2) is 26.8 Å². The van der Waals surface area contributed by atoms with Gasteiger partial charge in [0, 0.05) is 42.0 Å². The molecule has 0 bridgehead atoms. The van der Waals surface area contributed by atoms with Crippen molar-refractivity contribution < 1.29 is 9.84 Å². The van der Waals surface area contributed by atoms with Crippen LogP contribution in [0.2, 0.25) is 0 Å². The van der Waals surface area contributed by atoms with Gasteiger partial charge in [-0.3, -0.25) is 0 Å². The van der Waals surface area contributed by atoms with E-state index in [0.29, 0.717) is 17.4 Å². The molecule has 2 aromatic heterocycles. The highest BCUT2D eigenvalue weighted by Gasteiger charge is 2.11. The molecule has 2 N–H and O–H groups in total. The van der Waals surface area contributed by atoms with Crippen molar-refractivity contribution in [3.63, 3.8) is 0 Å². The lowest BCUT2D eigenvalue weighted by Crippen LogP contribution is -1.99. The lowest BCUT2D eigenvalue weighted by molar-refractivity contribution is 0.414. The molecule has 0 saturated carbocycles. The fraction of sp³-hybridized carbons (Fsp3) is 0.100. The Morgan fingerprint density at radius 2 is 1.96 bits per heavy atom. The highest BCUT2D eigenvalue weighted by atomic mass is 16.5. The van der Waals surface area contributed by atoms with Crippen LogP contribution in [0.15, 0.2) is 60.9 Å². The number of rotatable bonds is 4. The van der Waals surface area contributed by atoms with E-state index >= 15 is 0 Å². The zero-order valence-corrected chi connectivity index (χ0v) is 14.5. The van der Waals surface area contributed by atoms with Crippen molar-refractivity contribution in [1.29, 1.82) is 0 Å². The predicted molar refractivity (Wildman–Crippen MR) is 102 cm³/mol. The maximum absolute atomic E-state index is 9.73. The highest BCUT2D eigenvalue weighted by Crippen LogP contribution is 2.32. The lowest BCUT2D eigenvalue weighted by atomic mass is 10.1. The number of para-hydroxylation sites is 1. The molecule has 130 valence electrons. The van der Waals surface area contributed by atoms with E-state index in [1.54, 1.807) is 31.5 Å². The van der Waals surface area contributed by atoms with Crippen molar-refractivity contribution in [3.05, 3.63) is 60.9 Å². The topological polar surface area (TPSA) is 72.2 Å². The molecular formula is C20H18N4O2. The number of benzene rings is 2. The second kappa shape index (κ2) is 6.40. The van der Waals surface area contributed by atoms with Gasteiger partial charge in [0.15, 0.2) is 0 Å². The minimum absolute atomic E-state index is 0.138. The fourth-order valence-electron chi connectivity index (χ4n) is 3.03. The van der Waals surface area contributed by atoms with E-state index in [1.165, 1.54) is 0 Å². The van der Waals surface area contributed by atoms with Crippen LogP contribution in [0.3, 0.4) is 0 Å². The van der Waals surface area contributed by atoms with Crippen molar-refractivity contribution >= 4 is 22.5 Å². The molecule has 2 heterocycles. The fourth-order valence-corrected chi connectivity index (χ4v) is 3.03. The first kappa shape index (κ1) is 16.0. The maximum Gasteiger partial charge on any atom is 0.227 e. The summed E-state index contributed by atoms with van der Waals surface area (Å²) in [5, 5.41) is 14.0. The van der Waals surface area contributed by atoms with E-state index in [2.05, 4.69) is 38.2 Å². The molecule has 0 spiro atoms. The maximum atomic E-state index is 9.73. The zero-order chi connectivity index (χ0) is 18.1. The van der Waals surface area contributed by atoms with Gasteiger partial charge in [0.25, 0.3) is 0 Å². The zero-order valence-electron chi connectivity index (χ0n) is 14.5. The van der Waals surface area contributed by atoms with Crippen LogP contribution < -0.4 is 10.1 Å². The molecule has 0 amide bonds. The normalized spacial score (nSPS) is 10.8. The van der Waals surface area contributed by atoms with Crippen molar-refractivity contribution in [3.8, 4) is 22.8 Å². The minimum Gasteiger partial charge on any atom is -0.508 e. The number of nitrogens with zero attached hydrogens (tertiary/aromatic N) is 3. The Morgan fingerprint density at radius 1 is 1.12 bits per heavy atom. The average molecular weight is 346 g/mol. The summed E-state index contributed by atoms with van der Waals surface area (Å²) in [5.41, 5.74) is 3.60. The summed E-state index contributed by atoms with van der Waals surface area (Å²) in [6, 6.07) is 14.9. The number of hydrogen-bond acceptors (Lipinski definition) is 5. The largest absolute Gasteiger partial charge is 0.508 e. The second-order valence-electron chi connectivity index (χ2n) is 5.95. The van der Waals surface area contributed by atoms with Crippen LogP contribution in [0.4, 0.5) is 11.6 Å². The molecule has 2 aromatic carbocycles. The molecule has 26 heavy (non-hydrogen) atoms. The quantitative estimate of drug-likeness (QED) is 0.582. The van der Waals surface area contributed by atoms with Gasteiger partial charge in [0.1, 0.15) is 11.5 Å². The molecule has 0 fully saturated rings. The Labute approximate surface area is 150 Å². The SMILES string of the molecule is COc1ccc(O)cc1Nc1nccc(-c2cn(C)c3ccccc23)n1. The first-order chi connectivity index (χ1) is 12.7. The van der Waals surface area contributed by atoms with Crippen LogP contribution >= 0.6 is 0 Å². The van der Waals surface area contributed by atoms with Crippen LogP contribution in [0.1, 0.15) is 0 Å². The number of nitrogens with one attached hydrogen (secondary N) is 1. The molecule has 4 aromatic rings. The first-order valence-corrected chi connectivity index (χ1v) is 8.17. The number of aryl methyl sites for hydroxylation is 1. The molecule has 0 unspecified atom stereocenters. The Hall–Kier alpha value is -3.54. The number of hydrogen-bond donors (Lipinski definition) is 2. The number of aromatic hydroxyl groups is 1. The highest BCUT2D eigenvalue weighted by molar-refractivity contribution is 5.95. The van der Waals surface area contributed by atoms with Gasteiger partial charge in [-0.05, 0) is 24.3 Å². The third kappa shape index (κ3) is 2.82. The number of fused-ring (bicyclic) bond motifs is 1. The second-order valence-corrected chi connectivity index (χ2v) is 5.95. The number of aromatic nitrogens is 3. The summed E-state index contributed by atoms with van der Waals surface area (Å²) in [5.74, 6) is 1.17. The van der Waals surface area contributed by atoms with Crippen molar-refractivity contribution in [2.75, 3.05) is 12.4 Å². The van der Waals surface area contributed by atoms with Gasteiger partial charge < -0.3 is 19.7 Å². The lowest BCUT2D eigenvalue weighted by Gasteiger charge is -2.11. The molecule has 6 nitrogen and oxygen atoms in total. The Morgan fingerprint density at radius 3 is 2.81 bits per heavy atom. The van der Waals surface area contributed by atoms with Gasteiger partial charge in [-0.1, -0.05) is 18.2 Å². The number of methoxy groups -OCH3 is 1. The molecule has 4 rings (SSSR count). The van der Waals surface area contributed by atoms with E-state index in [1.807, 2.05) is 25.2 Å². The molecule has 0 radical (unpaired) electrons. The van der Waals surface area contributed by atoms with E-state index in [4.69, 9.17) is 4.74 Å². The Balaban J connectivity index is 1.75. The van der Waals surface area contributed by atoms with E-state index in [0.717, 1.165) is 22.2 Å². The molecule has 0 aliphatic heterocycles. The van der Waals surface area contributed by atoms with Crippen molar-refractivity contribution in [2.45, 2.75) is 0 Å². The minimum atomic E-state index is 0.138. The van der Waals surface area contributed by atoms with Crippen molar-refractivity contribution in [2.24, 2.45) is 7.05 Å². The third-order valence-corrected chi connectivity index (χ3v) is 4.26. The standard InChI is InChI=1S/C20H18N4O2/c1-24-12-15(14-5-3-4-6-18(14)24)16-9-10-21-20(22-16)23-17-11-13(25)7-8-19(17)26-2/h3-12,25H,1-2H3,(H,21,22,23). The Bertz CT molecular complexity index is 1090. The average Bonchev–Trinajstić information content (AvgIpc) is 2.99. The predicted octanol–water partition coefficient (Wildman–Crippen LogP) is 4.09. The molecule has 6 heteroatoms. The summed E-state index contributed by atoms with van der Waals surface area (Å²) < 4.78 is 7.40. The molecule has 0 atom stereocenters. The van der Waals surface area contributed by atoms with Crippen LogP contribution in [-0.2, 0) is 7.05 Å². The number of ether oxygens (including phenoxy) is 1. The molecule has 0 saturated heterocycles. The van der Waals surface area contributed by atoms with Crippen LogP contribution in [0.25, 0.3) is 22.2 Å². The molecular weight excluding hydrogens is 328 g/mol. The van der Waals surface area contributed by atoms with Gasteiger partial charge in [-0.25, -0.2) is 9.97 Å². The van der Waals surface area contributed by atoms with Gasteiger partial charge in [-0.15, -0.1) is 0 Å².